The van der Waals surface area contributed by atoms with Crippen LogP contribution < -0.4 is 15.5 Å². The van der Waals surface area contributed by atoms with E-state index in [1.165, 1.54) is 22.3 Å². The molecule has 0 aliphatic heterocycles. The number of aromatic nitrogens is 2. The molecule has 1 saturated carbocycles. The van der Waals surface area contributed by atoms with Crippen LogP contribution in [0.25, 0.3) is 10.9 Å². The maximum atomic E-state index is 4.87. The second kappa shape index (κ2) is 14.9. The molecule has 46 heavy (non-hydrogen) atoms. The molecule has 0 radical (unpaired) electrons. The Morgan fingerprint density at radius 2 is 1.20 bits per heavy atom. The van der Waals surface area contributed by atoms with Crippen LogP contribution in [-0.4, -0.2) is 41.0 Å². The van der Waals surface area contributed by atoms with E-state index in [0.717, 1.165) is 61.4 Å². The Morgan fingerprint density at radius 3 is 1.83 bits per heavy atom. The van der Waals surface area contributed by atoms with Crippen LogP contribution in [0.4, 0.5) is 11.8 Å². The zero-order valence-electron chi connectivity index (χ0n) is 27.7. The summed E-state index contributed by atoms with van der Waals surface area (Å²) in [5.41, 5.74) is 6.44. The van der Waals surface area contributed by atoms with Gasteiger partial charge in [-0.05, 0) is 73.9 Å². The lowest BCUT2D eigenvalue weighted by atomic mass is 9.91. The highest BCUT2D eigenvalue weighted by molar-refractivity contribution is 5.90. The first kappa shape index (κ1) is 31.7. The Labute approximate surface area is 274 Å². The molecule has 0 unspecified atom stereocenters. The van der Waals surface area contributed by atoms with Crippen molar-refractivity contribution in [3.05, 3.63) is 131 Å². The highest BCUT2D eigenvalue weighted by Crippen LogP contribution is 2.33. The minimum absolute atomic E-state index is 0.278. The van der Waals surface area contributed by atoms with E-state index >= 15 is 0 Å². The minimum atomic E-state index is 0.278. The van der Waals surface area contributed by atoms with Gasteiger partial charge in [0.05, 0.1) is 5.52 Å². The van der Waals surface area contributed by atoms with Crippen molar-refractivity contribution >= 4 is 22.7 Å². The van der Waals surface area contributed by atoms with E-state index < -0.39 is 0 Å². The molecule has 1 heterocycles. The van der Waals surface area contributed by atoms with Crippen molar-refractivity contribution in [3.63, 3.8) is 0 Å². The van der Waals surface area contributed by atoms with E-state index in [2.05, 4.69) is 131 Å². The number of hydrogen-bond donors (Lipinski definition) is 2. The number of rotatable bonds is 12. The molecular weight excluding hydrogens is 564 g/mol. The van der Waals surface area contributed by atoms with Gasteiger partial charge in [-0.1, -0.05) is 97.1 Å². The Balaban J connectivity index is 1.09. The van der Waals surface area contributed by atoms with Crippen LogP contribution >= 0.6 is 0 Å². The number of fused-ring (bicyclic) bond motifs is 1. The number of hydrogen-bond acceptors (Lipinski definition) is 6. The summed E-state index contributed by atoms with van der Waals surface area (Å²) >= 11 is 0. The second-order valence-corrected chi connectivity index (χ2v) is 13.0. The molecular formula is C40H48N6. The average Bonchev–Trinajstić information content (AvgIpc) is 3.10. The largest absolute Gasteiger partial charge is 0.362 e. The van der Waals surface area contributed by atoms with Crippen molar-refractivity contribution in [1.29, 1.82) is 0 Å². The third-order valence-electron chi connectivity index (χ3n) is 9.68. The molecule has 1 aliphatic carbocycles. The van der Waals surface area contributed by atoms with Gasteiger partial charge < -0.3 is 15.5 Å². The van der Waals surface area contributed by atoms with Crippen LogP contribution in [0.3, 0.4) is 0 Å². The highest BCUT2D eigenvalue weighted by Gasteiger charge is 2.25. The first-order valence-corrected chi connectivity index (χ1v) is 16.8. The summed E-state index contributed by atoms with van der Waals surface area (Å²) in [4.78, 5) is 14.4. The molecule has 0 amide bonds. The van der Waals surface area contributed by atoms with Crippen molar-refractivity contribution in [3.8, 4) is 0 Å². The zero-order chi connectivity index (χ0) is 31.9. The second-order valence-electron chi connectivity index (χ2n) is 13.0. The molecule has 6 heteroatoms. The van der Waals surface area contributed by atoms with Gasteiger partial charge in [0.2, 0.25) is 5.95 Å². The fourth-order valence-corrected chi connectivity index (χ4v) is 6.88. The van der Waals surface area contributed by atoms with E-state index in [1.807, 2.05) is 26.2 Å². The zero-order valence-corrected chi connectivity index (χ0v) is 27.7. The summed E-state index contributed by atoms with van der Waals surface area (Å²) in [5, 5.41) is 8.66. The summed E-state index contributed by atoms with van der Waals surface area (Å²) < 4.78 is 0. The number of benzene rings is 4. The van der Waals surface area contributed by atoms with Crippen molar-refractivity contribution in [2.75, 3.05) is 24.3 Å². The lowest BCUT2D eigenvalue weighted by molar-refractivity contribution is 0.144. The normalized spacial score (nSPS) is 17.9. The number of nitrogens with one attached hydrogen (secondary N) is 2. The monoisotopic (exact) mass is 612 g/mol. The molecule has 6 rings (SSSR count). The van der Waals surface area contributed by atoms with E-state index in [-0.39, 0.29) is 12.1 Å². The predicted octanol–water partition coefficient (Wildman–Crippen LogP) is 8.53. The standard InChI is InChI=1S/C40H48N6/c1-29(31-15-7-5-8-16-31)46(30(2)32-17-9-6-10-18-32)28-34-20-12-11-19-33(34)27-41-35-23-25-36(26-24-35)42-40-43-38-22-14-13-21-37(38)39(44-40)45(3)4/h5-22,29-30,35-36,41H,23-28H2,1-4H3,(H,42,43,44)/t29-,30-,35-,36+/m1/s1. The van der Waals surface area contributed by atoms with Crippen LogP contribution in [0.1, 0.15) is 73.9 Å². The van der Waals surface area contributed by atoms with Gasteiger partial charge in [0.15, 0.2) is 0 Å². The molecule has 238 valence electrons. The summed E-state index contributed by atoms with van der Waals surface area (Å²) in [6.07, 6.45) is 4.47. The van der Waals surface area contributed by atoms with Gasteiger partial charge in [0.25, 0.3) is 0 Å². The average molecular weight is 613 g/mol. The van der Waals surface area contributed by atoms with Crippen LogP contribution in [0.5, 0.6) is 0 Å². The quantitative estimate of drug-likeness (QED) is 0.147. The van der Waals surface area contributed by atoms with Crippen LogP contribution in [0.2, 0.25) is 0 Å². The summed E-state index contributed by atoms with van der Waals surface area (Å²) in [6.45, 7) is 6.45. The molecule has 0 spiro atoms. The summed E-state index contributed by atoms with van der Waals surface area (Å²) in [7, 11) is 4.08. The smallest absolute Gasteiger partial charge is 0.225 e. The van der Waals surface area contributed by atoms with Crippen LogP contribution in [-0.2, 0) is 13.1 Å². The topological polar surface area (TPSA) is 56.3 Å². The maximum Gasteiger partial charge on any atom is 0.225 e. The van der Waals surface area contributed by atoms with Crippen molar-refractivity contribution < 1.29 is 0 Å². The molecule has 5 aromatic rings. The Morgan fingerprint density at radius 1 is 0.652 bits per heavy atom. The Hall–Kier alpha value is -4.26. The molecule has 1 fully saturated rings. The predicted molar refractivity (Wildman–Crippen MR) is 192 cm³/mol. The molecule has 0 saturated heterocycles. The molecule has 1 aliphatic rings. The SMILES string of the molecule is C[C@H](c1ccccc1)N(Cc1ccccc1CN[C@H]1CC[C@@H](Nc2nc(N(C)C)c3ccccc3n2)CC1)[C@H](C)c1ccccc1. The third kappa shape index (κ3) is 7.57. The van der Waals surface area contributed by atoms with Crippen molar-refractivity contribution in [2.45, 2.75) is 76.8 Å². The summed E-state index contributed by atoms with van der Waals surface area (Å²) in [6, 6.07) is 40.5. The molecule has 1 aromatic heterocycles. The minimum Gasteiger partial charge on any atom is -0.362 e. The summed E-state index contributed by atoms with van der Waals surface area (Å²) in [5.74, 6) is 1.68. The van der Waals surface area contributed by atoms with E-state index in [9.17, 15) is 0 Å². The highest BCUT2D eigenvalue weighted by atomic mass is 15.2. The van der Waals surface area contributed by atoms with Gasteiger partial charge in [-0.3, -0.25) is 4.90 Å². The van der Waals surface area contributed by atoms with E-state index in [1.54, 1.807) is 0 Å². The van der Waals surface area contributed by atoms with Crippen molar-refractivity contribution in [1.82, 2.24) is 20.2 Å². The molecule has 6 nitrogen and oxygen atoms in total. The number of nitrogens with zero attached hydrogens (tertiary/aromatic N) is 4. The van der Waals surface area contributed by atoms with Gasteiger partial charge >= 0.3 is 0 Å². The van der Waals surface area contributed by atoms with Gasteiger partial charge in [0.1, 0.15) is 5.82 Å². The van der Waals surface area contributed by atoms with E-state index in [0.29, 0.717) is 12.1 Å². The lowest BCUT2D eigenvalue weighted by Crippen LogP contribution is -2.37. The first-order valence-electron chi connectivity index (χ1n) is 16.8. The van der Waals surface area contributed by atoms with Gasteiger partial charge in [0, 0.05) is 56.7 Å². The Kier molecular flexibility index (Phi) is 10.3. The van der Waals surface area contributed by atoms with Gasteiger partial charge in [-0.25, -0.2) is 4.98 Å². The van der Waals surface area contributed by atoms with Gasteiger partial charge in [-0.15, -0.1) is 0 Å². The maximum absolute atomic E-state index is 4.87. The number of para-hydroxylation sites is 1. The molecule has 2 atom stereocenters. The lowest BCUT2D eigenvalue weighted by Gasteiger charge is -2.36. The molecule has 4 aromatic carbocycles. The van der Waals surface area contributed by atoms with Crippen LogP contribution in [0.15, 0.2) is 109 Å². The van der Waals surface area contributed by atoms with Crippen LogP contribution in [0, 0.1) is 0 Å². The Bertz CT molecular complexity index is 1640. The molecule has 0 bridgehead atoms. The van der Waals surface area contributed by atoms with Gasteiger partial charge in [-0.2, -0.15) is 4.98 Å². The molecule has 2 N–H and O–H groups in total. The van der Waals surface area contributed by atoms with Crippen molar-refractivity contribution in [2.24, 2.45) is 0 Å². The van der Waals surface area contributed by atoms with E-state index in [4.69, 9.17) is 9.97 Å². The fourth-order valence-electron chi connectivity index (χ4n) is 6.88. The first-order chi connectivity index (χ1) is 22.5. The fraction of sp³-hybridized carbons (Fsp3) is 0.350. The third-order valence-corrected chi connectivity index (χ3v) is 9.68. The number of anilines is 2.